The number of rotatable bonds is 3. The van der Waals surface area contributed by atoms with Crippen molar-refractivity contribution >= 4 is 35.6 Å². The van der Waals surface area contributed by atoms with E-state index in [-0.39, 0.29) is 0 Å². The van der Waals surface area contributed by atoms with Crippen LogP contribution < -0.4 is 0 Å². The van der Waals surface area contributed by atoms with Gasteiger partial charge in [0, 0.05) is 9.92 Å². The predicted molar refractivity (Wildman–Crippen MR) is 62.7 cm³/mol. The molecule has 0 aliphatic heterocycles. The van der Waals surface area contributed by atoms with E-state index in [0.29, 0.717) is 16.5 Å². The summed E-state index contributed by atoms with van der Waals surface area (Å²) in [7, 11) is 0. The quantitative estimate of drug-likeness (QED) is 0.674. The van der Waals surface area contributed by atoms with Crippen LogP contribution in [0.15, 0.2) is 33.6 Å². The van der Waals surface area contributed by atoms with Crippen molar-refractivity contribution in [3.8, 4) is 0 Å². The van der Waals surface area contributed by atoms with Crippen LogP contribution in [-0.2, 0) is 5.75 Å². The average molecular weight is 259 g/mol. The number of nitrogens with zero attached hydrogens (tertiary/aromatic N) is 1. The Hall–Kier alpha value is -0.780. The van der Waals surface area contributed by atoms with Crippen LogP contribution in [0.2, 0.25) is 5.02 Å². The Labute approximate surface area is 101 Å². The van der Waals surface area contributed by atoms with Crippen LogP contribution in [0.3, 0.4) is 0 Å². The van der Waals surface area contributed by atoms with Crippen molar-refractivity contribution in [2.24, 2.45) is 0 Å². The van der Waals surface area contributed by atoms with E-state index >= 15 is 0 Å². The summed E-state index contributed by atoms with van der Waals surface area (Å²) in [5, 5.41) is 7.22. The van der Waals surface area contributed by atoms with Gasteiger partial charge < -0.3 is 4.42 Å². The molecule has 6 heteroatoms. The fourth-order valence-electron chi connectivity index (χ4n) is 0.998. The number of hydrogen-bond acceptors (Lipinski definition) is 4. The Morgan fingerprint density at radius 1 is 1.40 bits per heavy atom. The van der Waals surface area contributed by atoms with Crippen molar-refractivity contribution in [3.63, 3.8) is 0 Å². The summed E-state index contributed by atoms with van der Waals surface area (Å²) in [5.74, 6) is 1.24. The minimum absolute atomic E-state index is 0.307. The summed E-state index contributed by atoms with van der Waals surface area (Å²) < 4.78 is 5.13. The Bertz CT molecular complexity index is 491. The molecule has 0 unspecified atom stereocenters. The molecule has 15 heavy (non-hydrogen) atoms. The van der Waals surface area contributed by atoms with E-state index in [1.807, 2.05) is 24.3 Å². The number of H-pyrrole nitrogens is 1. The molecule has 0 fully saturated rings. The first-order valence-corrected chi connectivity index (χ1v) is 5.94. The summed E-state index contributed by atoms with van der Waals surface area (Å²) in [6, 6.07) is 7.61. The second kappa shape index (κ2) is 4.83. The molecule has 0 saturated heterocycles. The van der Waals surface area contributed by atoms with Crippen molar-refractivity contribution in [2.75, 3.05) is 0 Å². The van der Waals surface area contributed by atoms with Gasteiger partial charge in [-0.3, -0.25) is 0 Å². The molecular formula is C9H7ClN2OS2. The highest BCUT2D eigenvalue weighted by Crippen LogP contribution is 2.23. The standard InChI is InChI=1S/C9H7ClN2OS2/c10-6-1-3-7(4-2-6)15-5-8-11-12-9(14)13-8/h1-4H,5H2,(H,12,14). The zero-order chi connectivity index (χ0) is 10.7. The summed E-state index contributed by atoms with van der Waals surface area (Å²) in [6.45, 7) is 0. The summed E-state index contributed by atoms with van der Waals surface area (Å²) >= 11 is 12.2. The van der Waals surface area contributed by atoms with E-state index < -0.39 is 0 Å². The van der Waals surface area contributed by atoms with Crippen molar-refractivity contribution in [2.45, 2.75) is 10.6 Å². The number of nitrogens with one attached hydrogen (secondary N) is 1. The van der Waals surface area contributed by atoms with Crippen molar-refractivity contribution in [3.05, 3.63) is 40.0 Å². The Morgan fingerprint density at radius 2 is 2.13 bits per heavy atom. The molecular weight excluding hydrogens is 252 g/mol. The van der Waals surface area contributed by atoms with Crippen molar-refractivity contribution < 1.29 is 4.42 Å². The van der Waals surface area contributed by atoms with Gasteiger partial charge in [0.2, 0.25) is 5.89 Å². The predicted octanol–water partition coefficient (Wildman–Crippen LogP) is 3.68. The number of benzene rings is 1. The van der Waals surface area contributed by atoms with Gasteiger partial charge in [-0.1, -0.05) is 11.6 Å². The Kier molecular flexibility index (Phi) is 3.45. The fourth-order valence-corrected chi connectivity index (χ4v) is 2.01. The van der Waals surface area contributed by atoms with Crippen molar-refractivity contribution in [1.29, 1.82) is 0 Å². The van der Waals surface area contributed by atoms with E-state index in [1.165, 1.54) is 0 Å². The third-order valence-electron chi connectivity index (χ3n) is 1.66. The average Bonchev–Trinajstić information content (AvgIpc) is 2.64. The molecule has 1 N–H and O–H groups in total. The van der Waals surface area contributed by atoms with Gasteiger partial charge in [0.15, 0.2) is 0 Å². The van der Waals surface area contributed by atoms with Gasteiger partial charge in [0.05, 0.1) is 5.75 Å². The number of aromatic nitrogens is 2. The molecule has 0 spiro atoms. The van der Waals surface area contributed by atoms with Crippen LogP contribution in [0.5, 0.6) is 0 Å². The molecule has 0 aliphatic carbocycles. The molecule has 78 valence electrons. The van der Waals surface area contributed by atoms with Gasteiger partial charge in [-0.2, -0.15) is 0 Å². The molecule has 3 nitrogen and oxygen atoms in total. The molecule has 2 aromatic rings. The lowest BCUT2D eigenvalue weighted by molar-refractivity contribution is 0.500. The topological polar surface area (TPSA) is 41.8 Å². The first-order valence-electron chi connectivity index (χ1n) is 4.17. The SMILES string of the molecule is S=c1[nH]nc(CSc2ccc(Cl)cc2)o1. The molecule has 1 aromatic carbocycles. The highest BCUT2D eigenvalue weighted by Gasteiger charge is 2.01. The lowest BCUT2D eigenvalue weighted by Crippen LogP contribution is -1.80. The maximum atomic E-state index is 5.77. The first-order chi connectivity index (χ1) is 7.24. The molecule has 0 atom stereocenters. The van der Waals surface area contributed by atoms with Gasteiger partial charge in [0.25, 0.3) is 4.84 Å². The van der Waals surface area contributed by atoms with Crippen LogP contribution in [-0.4, -0.2) is 10.2 Å². The molecule has 0 aliphatic rings. The second-order valence-electron chi connectivity index (χ2n) is 2.75. The minimum Gasteiger partial charge on any atom is -0.413 e. The highest BCUT2D eigenvalue weighted by molar-refractivity contribution is 7.98. The summed E-state index contributed by atoms with van der Waals surface area (Å²) in [5.41, 5.74) is 0. The fraction of sp³-hybridized carbons (Fsp3) is 0.111. The van der Waals surface area contributed by atoms with Gasteiger partial charge in [-0.05, 0) is 36.5 Å². The molecule has 0 bridgehead atoms. The van der Waals surface area contributed by atoms with Gasteiger partial charge >= 0.3 is 0 Å². The number of hydrogen-bond donors (Lipinski definition) is 1. The van der Waals surface area contributed by atoms with Crippen LogP contribution in [0.4, 0.5) is 0 Å². The third kappa shape index (κ3) is 3.09. The molecule has 1 heterocycles. The third-order valence-corrected chi connectivity index (χ3v) is 3.08. The lowest BCUT2D eigenvalue weighted by Gasteiger charge is -1.97. The second-order valence-corrected chi connectivity index (χ2v) is 4.61. The molecule has 0 saturated carbocycles. The van der Waals surface area contributed by atoms with Gasteiger partial charge in [-0.25, -0.2) is 5.10 Å². The zero-order valence-corrected chi connectivity index (χ0v) is 9.96. The van der Waals surface area contributed by atoms with Crippen molar-refractivity contribution in [1.82, 2.24) is 10.2 Å². The van der Waals surface area contributed by atoms with E-state index in [9.17, 15) is 0 Å². The monoisotopic (exact) mass is 258 g/mol. The maximum absolute atomic E-state index is 5.77. The Balaban J connectivity index is 1.99. The van der Waals surface area contributed by atoms with Crippen LogP contribution >= 0.6 is 35.6 Å². The number of aromatic amines is 1. The first kappa shape index (κ1) is 10.7. The maximum Gasteiger partial charge on any atom is 0.284 e. The normalized spacial score (nSPS) is 10.5. The molecule has 0 radical (unpaired) electrons. The molecule has 1 aromatic heterocycles. The van der Waals surface area contributed by atoms with Crippen LogP contribution in [0, 0.1) is 4.84 Å². The minimum atomic E-state index is 0.307. The van der Waals surface area contributed by atoms with E-state index in [4.69, 9.17) is 28.2 Å². The van der Waals surface area contributed by atoms with E-state index in [2.05, 4.69) is 10.2 Å². The molecule has 2 rings (SSSR count). The van der Waals surface area contributed by atoms with Crippen LogP contribution in [0.25, 0.3) is 0 Å². The lowest BCUT2D eigenvalue weighted by atomic mass is 10.4. The number of halogens is 1. The van der Waals surface area contributed by atoms with Gasteiger partial charge in [-0.15, -0.1) is 16.9 Å². The summed E-state index contributed by atoms with van der Waals surface area (Å²) in [4.78, 5) is 1.42. The molecule has 0 amide bonds. The highest BCUT2D eigenvalue weighted by atomic mass is 35.5. The Morgan fingerprint density at radius 3 is 2.73 bits per heavy atom. The largest absolute Gasteiger partial charge is 0.413 e. The van der Waals surface area contributed by atoms with Crippen LogP contribution in [0.1, 0.15) is 5.89 Å². The van der Waals surface area contributed by atoms with E-state index in [0.717, 1.165) is 9.92 Å². The smallest absolute Gasteiger partial charge is 0.284 e. The summed E-state index contributed by atoms with van der Waals surface area (Å²) in [6.07, 6.45) is 0. The van der Waals surface area contributed by atoms with E-state index in [1.54, 1.807) is 11.8 Å². The zero-order valence-electron chi connectivity index (χ0n) is 7.57. The van der Waals surface area contributed by atoms with Gasteiger partial charge in [0.1, 0.15) is 0 Å². The number of thioether (sulfide) groups is 1.